The number of non-ortho nitro benzene ring substituents is 1. The second-order valence-electron chi connectivity index (χ2n) is 10.5. The van der Waals surface area contributed by atoms with E-state index in [-0.39, 0.29) is 11.6 Å². The summed E-state index contributed by atoms with van der Waals surface area (Å²) in [5.74, 6) is 2.22. The van der Waals surface area contributed by atoms with Crippen molar-refractivity contribution < 1.29 is 14.5 Å². The highest BCUT2D eigenvalue weighted by molar-refractivity contribution is 5.99. The minimum atomic E-state index is -0.661. The van der Waals surface area contributed by atoms with Crippen LogP contribution in [0.15, 0.2) is 48.5 Å². The first-order valence-electron chi connectivity index (χ1n) is 12.9. The van der Waals surface area contributed by atoms with Gasteiger partial charge in [-0.05, 0) is 60.9 Å². The van der Waals surface area contributed by atoms with Crippen LogP contribution in [0.1, 0.15) is 57.9 Å². The van der Waals surface area contributed by atoms with Crippen molar-refractivity contribution in [1.29, 1.82) is 0 Å². The predicted octanol–water partition coefficient (Wildman–Crippen LogP) is 5.79. The number of nitro groups is 1. The van der Waals surface area contributed by atoms with Crippen LogP contribution in [0.4, 0.5) is 11.4 Å². The Hall–Kier alpha value is -2.93. The number of likely N-dealkylation sites (tertiary alicyclic amines) is 1. The summed E-state index contributed by atoms with van der Waals surface area (Å²) in [5, 5.41) is 14.2. The molecule has 2 aliphatic rings. The van der Waals surface area contributed by atoms with Crippen molar-refractivity contribution in [2.45, 2.75) is 57.8 Å². The summed E-state index contributed by atoms with van der Waals surface area (Å²) in [5.41, 5.74) is 0.958. The molecule has 188 valence electrons. The molecule has 7 heteroatoms. The van der Waals surface area contributed by atoms with Crippen LogP contribution in [0, 0.1) is 22.0 Å². The Morgan fingerprint density at radius 2 is 1.66 bits per heavy atom. The van der Waals surface area contributed by atoms with E-state index < -0.39 is 10.3 Å². The molecule has 0 unspecified atom stereocenters. The topological polar surface area (TPSA) is 84.7 Å². The van der Waals surface area contributed by atoms with Gasteiger partial charge in [-0.2, -0.15) is 0 Å². The van der Waals surface area contributed by atoms with E-state index in [0.717, 1.165) is 80.6 Å². The number of anilines is 1. The summed E-state index contributed by atoms with van der Waals surface area (Å²) in [6.07, 6.45) is 5.81. The normalized spacial score (nSPS) is 22.3. The molecular weight excluding hydrogens is 442 g/mol. The van der Waals surface area contributed by atoms with Crippen LogP contribution < -0.4 is 10.1 Å². The molecule has 1 aliphatic carbocycles. The summed E-state index contributed by atoms with van der Waals surface area (Å²) >= 11 is 0. The van der Waals surface area contributed by atoms with E-state index in [1.807, 2.05) is 24.3 Å². The van der Waals surface area contributed by atoms with Crippen LogP contribution >= 0.6 is 0 Å². The third-order valence-corrected chi connectivity index (χ3v) is 7.51. The van der Waals surface area contributed by atoms with Crippen LogP contribution in [0.25, 0.3) is 0 Å². The molecule has 2 atom stereocenters. The van der Waals surface area contributed by atoms with Gasteiger partial charge in [0.1, 0.15) is 12.4 Å². The van der Waals surface area contributed by atoms with Gasteiger partial charge in [0, 0.05) is 37.5 Å². The highest BCUT2D eigenvalue weighted by Gasteiger charge is 2.41. The smallest absolute Gasteiger partial charge is 0.269 e. The number of benzene rings is 2. The Morgan fingerprint density at radius 1 is 1.03 bits per heavy atom. The molecule has 0 bridgehead atoms. The van der Waals surface area contributed by atoms with E-state index in [2.05, 4.69) is 24.1 Å². The molecule has 0 radical (unpaired) electrons. The molecule has 7 nitrogen and oxygen atoms in total. The molecular formula is C28H37N3O4. The number of piperidine rings is 1. The molecule has 0 spiro atoms. The van der Waals surface area contributed by atoms with Crippen molar-refractivity contribution in [2.24, 2.45) is 11.8 Å². The lowest BCUT2D eigenvalue weighted by Crippen LogP contribution is -2.42. The maximum absolute atomic E-state index is 13.5. The lowest BCUT2D eigenvalue weighted by molar-refractivity contribution is -0.384. The zero-order valence-corrected chi connectivity index (χ0v) is 20.9. The Balaban J connectivity index is 1.36. The number of nitrogens with zero attached hydrogens (tertiary/aromatic N) is 2. The van der Waals surface area contributed by atoms with E-state index in [1.54, 1.807) is 12.1 Å². The van der Waals surface area contributed by atoms with Crippen molar-refractivity contribution in [1.82, 2.24) is 4.90 Å². The molecule has 4 rings (SSSR count). The molecule has 1 saturated carbocycles. The highest BCUT2D eigenvalue weighted by Crippen LogP contribution is 2.41. The molecule has 2 aromatic carbocycles. The fraction of sp³-hybridized carbons (Fsp3) is 0.536. The standard InChI is InChI=1S/C28H37N3O4/c1-21-18-22(2)20-30(19-21)16-17-35-26-12-8-24(9-13-26)29-27(32)28(14-4-3-5-15-28)23-6-10-25(11-7-23)31(33)34/h6-13,21-22H,3-5,14-20H2,1-2H3,(H,29,32)/t21-,22-/m1/s1. The largest absolute Gasteiger partial charge is 0.492 e. The molecule has 35 heavy (non-hydrogen) atoms. The molecule has 1 N–H and O–H groups in total. The fourth-order valence-electron chi connectivity index (χ4n) is 5.86. The van der Waals surface area contributed by atoms with Gasteiger partial charge < -0.3 is 10.1 Å². The van der Waals surface area contributed by atoms with Crippen molar-refractivity contribution in [3.63, 3.8) is 0 Å². The van der Waals surface area contributed by atoms with Crippen molar-refractivity contribution in [3.8, 4) is 5.75 Å². The number of hydrogen-bond donors (Lipinski definition) is 1. The lowest BCUT2D eigenvalue weighted by Gasteiger charge is -2.36. The second kappa shape index (κ2) is 11.2. The summed E-state index contributed by atoms with van der Waals surface area (Å²) in [6.45, 7) is 8.47. The summed E-state index contributed by atoms with van der Waals surface area (Å²) in [4.78, 5) is 26.6. The van der Waals surface area contributed by atoms with Crippen molar-refractivity contribution >= 4 is 17.3 Å². The Morgan fingerprint density at radius 3 is 2.26 bits per heavy atom. The molecule has 1 saturated heterocycles. The van der Waals surface area contributed by atoms with Gasteiger partial charge in [-0.1, -0.05) is 45.2 Å². The van der Waals surface area contributed by atoms with E-state index in [0.29, 0.717) is 6.61 Å². The zero-order valence-electron chi connectivity index (χ0n) is 20.9. The van der Waals surface area contributed by atoms with Gasteiger partial charge in [0.2, 0.25) is 5.91 Å². The molecule has 0 aromatic heterocycles. The Bertz CT molecular complexity index is 990. The molecule has 2 aromatic rings. The van der Waals surface area contributed by atoms with E-state index in [1.165, 1.54) is 18.6 Å². The Kier molecular flexibility index (Phi) is 8.06. The zero-order chi connectivity index (χ0) is 24.8. The maximum atomic E-state index is 13.5. The van der Waals surface area contributed by atoms with E-state index >= 15 is 0 Å². The third kappa shape index (κ3) is 6.20. The van der Waals surface area contributed by atoms with Crippen LogP contribution in [0.3, 0.4) is 0 Å². The maximum Gasteiger partial charge on any atom is 0.269 e. The van der Waals surface area contributed by atoms with Crippen LogP contribution in [0.2, 0.25) is 0 Å². The SMILES string of the molecule is C[C@@H]1C[C@@H](C)CN(CCOc2ccc(NC(=O)C3(c4ccc([N+](=O)[O-])cc4)CCCCC3)cc2)C1. The molecule has 1 aliphatic heterocycles. The van der Waals surface area contributed by atoms with Crippen molar-refractivity contribution in [3.05, 3.63) is 64.2 Å². The summed E-state index contributed by atoms with van der Waals surface area (Å²) in [7, 11) is 0. The molecule has 1 heterocycles. The van der Waals surface area contributed by atoms with Gasteiger partial charge in [-0.25, -0.2) is 0 Å². The van der Waals surface area contributed by atoms with Gasteiger partial charge in [0.05, 0.1) is 10.3 Å². The summed E-state index contributed by atoms with van der Waals surface area (Å²) in [6, 6.07) is 14.0. The second-order valence-corrected chi connectivity index (χ2v) is 10.5. The first-order valence-corrected chi connectivity index (χ1v) is 12.9. The molecule has 2 fully saturated rings. The minimum Gasteiger partial charge on any atom is -0.492 e. The number of nitro benzene ring substituents is 1. The van der Waals surface area contributed by atoms with Crippen molar-refractivity contribution in [2.75, 3.05) is 31.6 Å². The number of hydrogen-bond acceptors (Lipinski definition) is 5. The average molecular weight is 480 g/mol. The first kappa shape index (κ1) is 25.2. The van der Waals surface area contributed by atoms with Gasteiger partial charge in [-0.15, -0.1) is 0 Å². The third-order valence-electron chi connectivity index (χ3n) is 7.51. The monoisotopic (exact) mass is 479 g/mol. The highest BCUT2D eigenvalue weighted by atomic mass is 16.6. The van der Waals surface area contributed by atoms with Crippen LogP contribution in [0.5, 0.6) is 5.75 Å². The van der Waals surface area contributed by atoms with Gasteiger partial charge in [0.15, 0.2) is 0 Å². The van der Waals surface area contributed by atoms with E-state index in [9.17, 15) is 14.9 Å². The van der Waals surface area contributed by atoms with E-state index in [4.69, 9.17) is 4.74 Å². The fourth-order valence-corrected chi connectivity index (χ4v) is 5.86. The quantitative estimate of drug-likeness (QED) is 0.382. The van der Waals surface area contributed by atoms with Crippen LogP contribution in [-0.2, 0) is 10.2 Å². The lowest BCUT2D eigenvalue weighted by atomic mass is 9.68. The average Bonchev–Trinajstić information content (AvgIpc) is 2.85. The van der Waals surface area contributed by atoms with Gasteiger partial charge in [0.25, 0.3) is 5.69 Å². The number of rotatable bonds is 8. The van der Waals surface area contributed by atoms with Crippen LogP contribution in [-0.4, -0.2) is 42.0 Å². The molecule has 1 amide bonds. The first-order chi connectivity index (χ1) is 16.9. The van der Waals surface area contributed by atoms with Gasteiger partial charge >= 0.3 is 0 Å². The minimum absolute atomic E-state index is 0.0417. The Labute approximate surface area is 208 Å². The summed E-state index contributed by atoms with van der Waals surface area (Å²) < 4.78 is 5.97. The number of ether oxygens (including phenoxy) is 1. The number of nitrogens with one attached hydrogen (secondary N) is 1. The number of carbonyl (C=O) groups is 1. The predicted molar refractivity (Wildman–Crippen MR) is 138 cm³/mol. The van der Waals surface area contributed by atoms with Gasteiger partial charge in [-0.3, -0.25) is 19.8 Å². The number of amides is 1. The number of carbonyl (C=O) groups excluding carboxylic acids is 1.